The van der Waals surface area contributed by atoms with Gasteiger partial charge in [-0.05, 0) is 0 Å². The number of nitrogens with two attached hydrogens (primary N) is 2. The van der Waals surface area contributed by atoms with E-state index in [9.17, 15) is 4.79 Å². The lowest BCUT2D eigenvalue weighted by atomic mass is 10.3. The number of rotatable bonds is 2. The summed E-state index contributed by atoms with van der Waals surface area (Å²) in [7, 11) is 0. The monoisotopic (exact) mass is 194 g/mol. The van der Waals surface area contributed by atoms with E-state index in [1.54, 1.807) is 0 Å². The number of nitrogens with one attached hydrogen (secondary N) is 1. The quantitative estimate of drug-likeness (QED) is 0.568. The number of primary amides is 1. The minimum Gasteiger partial charge on any atom is -0.383 e. The topological polar surface area (TPSA) is 137 Å². The number of carbonyl (C=O) groups excluding carboxylic acids is 1. The lowest BCUT2D eigenvalue weighted by Gasteiger charge is -1.87. The second-order valence-electron chi connectivity index (χ2n) is 2.48. The SMILES string of the molecule is NC(=O)c1noc(-c2cn[nH]c2N)n1. The molecule has 0 aliphatic rings. The maximum atomic E-state index is 10.7. The Kier molecular flexibility index (Phi) is 1.67. The van der Waals surface area contributed by atoms with Crippen molar-refractivity contribution in [3.8, 4) is 11.5 Å². The first-order valence-corrected chi connectivity index (χ1v) is 3.61. The summed E-state index contributed by atoms with van der Waals surface area (Å²) in [5.74, 6) is -0.572. The predicted octanol–water partition coefficient (Wildman–Crippen LogP) is -0.859. The summed E-state index contributed by atoms with van der Waals surface area (Å²) >= 11 is 0. The molecule has 1 amide bonds. The zero-order chi connectivity index (χ0) is 10.1. The van der Waals surface area contributed by atoms with Crippen molar-refractivity contribution in [2.24, 2.45) is 5.73 Å². The van der Waals surface area contributed by atoms with Crippen LogP contribution in [0.4, 0.5) is 5.82 Å². The van der Waals surface area contributed by atoms with Gasteiger partial charge in [-0.15, -0.1) is 0 Å². The van der Waals surface area contributed by atoms with E-state index < -0.39 is 5.91 Å². The average Bonchev–Trinajstić information content (AvgIpc) is 2.71. The molecule has 2 aromatic heterocycles. The third kappa shape index (κ3) is 1.18. The van der Waals surface area contributed by atoms with Gasteiger partial charge in [0.25, 0.3) is 17.6 Å². The van der Waals surface area contributed by atoms with Gasteiger partial charge in [-0.1, -0.05) is 5.16 Å². The van der Waals surface area contributed by atoms with Gasteiger partial charge in [-0.2, -0.15) is 10.1 Å². The van der Waals surface area contributed by atoms with Crippen LogP contribution >= 0.6 is 0 Å². The van der Waals surface area contributed by atoms with E-state index in [1.165, 1.54) is 6.20 Å². The number of nitrogens with zero attached hydrogens (tertiary/aromatic N) is 3. The third-order valence-electron chi connectivity index (χ3n) is 1.55. The van der Waals surface area contributed by atoms with Crippen LogP contribution in [0.3, 0.4) is 0 Å². The second kappa shape index (κ2) is 2.83. The van der Waals surface area contributed by atoms with Gasteiger partial charge in [0.15, 0.2) is 0 Å². The van der Waals surface area contributed by atoms with Gasteiger partial charge in [0.1, 0.15) is 11.4 Å². The first-order valence-electron chi connectivity index (χ1n) is 3.61. The van der Waals surface area contributed by atoms with Gasteiger partial charge in [0, 0.05) is 0 Å². The first-order chi connectivity index (χ1) is 6.68. The molecular formula is C6H6N6O2. The number of hydrogen-bond acceptors (Lipinski definition) is 6. The Morgan fingerprint density at radius 3 is 2.86 bits per heavy atom. The van der Waals surface area contributed by atoms with Crippen molar-refractivity contribution >= 4 is 11.7 Å². The van der Waals surface area contributed by atoms with Gasteiger partial charge in [0.05, 0.1) is 6.20 Å². The summed E-state index contributed by atoms with van der Waals surface area (Å²) in [6, 6.07) is 0. The normalized spacial score (nSPS) is 10.3. The molecule has 8 nitrogen and oxygen atoms in total. The predicted molar refractivity (Wildman–Crippen MR) is 44.8 cm³/mol. The van der Waals surface area contributed by atoms with Gasteiger partial charge in [-0.3, -0.25) is 9.89 Å². The molecule has 0 aliphatic heterocycles. The number of anilines is 1. The van der Waals surface area contributed by atoms with E-state index in [2.05, 4.69) is 20.3 Å². The average molecular weight is 194 g/mol. The Morgan fingerprint density at radius 2 is 2.36 bits per heavy atom. The third-order valence-corrected chi connectivity index (χ3v) is 1.55. The summed E-state index contributed by atoms with van der Waals surface area (Å²) in [5, 5.41) is 9.50. The molecule has 2 heterocycles. The van der Waals surface area contributed by atoms with Gasteiger partial charge in [-0.25, -0.2) is 0 Å². The van der Waals surface area contributed by atoms with Crippen LogP contribution in [0.25, 0.3) is 11.5 Å². The molecule has 0 spiro atoms. The molecule has 0 fully saturated rings. The van der Waals surface area contributed by atoms with Crippen LogP contribution in [-0.2, 0) is 0 Å². The number of amides is 1. The fraction of sp³-hybridized carbons (Fsp3) is 0. The number of aromatic nitrogens is 4. The van der Waals surface area contributed by atoms with E-state index in [-0.39, 0.29) is 17.5 Å². The largest absolute Gasteiger partial charge is 0.383 e. The second-order valence-corrected chi connectivity index (χ2v) is 2.48. The van der Waals surface area contributed by atoms with Gasteiger partial charge < -0.3 is 16.0 Å². The molecular weight excluding hydrogens is 188 g/mol. The van der Waals surface area contributed by atoms with E-state index in [0.29, 0.717) is 5.56 Å². The molecule has 0 saturated carbocycles. The highest BCUT2D eigenvalue weighted by Gasteiger charge is 2.15. The van der Waals surface area contributed by atoms with Crippen molar-refractivity contribution in [3.05, 3.63) is 12.0 Å². The minimum absolute atomic E-state index is 0.102. The summed E-state index contributed by atoms with van der Waals surface area (Å²) in [6.45, 7) is 0. The van der Waals surface area contributed by atoms with Crippen molar-refractivity contribution in [1.29, 1.82) is 0 Å². The highest BCUT2D eigenvalue weighted by Crippen LogP contribution is 2.20. The van der Waals surface area contributed by atoms with Gasteiger partial charge >= 0.3 is 0 Å². The molecule has 0 radical (unpaired) electrons. The summed E-state index contributed by atoms with van der Waals surface area (Å²) in [5.41, 5.74) is 10.9. The van der Waals surface area contributed by atoms with Crippen LogP contribution in [0.15, 0.2) is 10.7 Å². The number of aromatic amines is 1. The molecule has 0 saturated heterocycles. The van der Waals surface area contributed by atoms with E-state index in [0.717, 1.165) is 0 Å². The summed E-state index contributed by atoms with van der Waals surface area (Å²) in [6.07, 6.45) is 1.41. The molecule has 0 aromatic carbocycles. The van der Waals surface area contributed by atoms with Crippen LogP contribution in [-0.4, -0.2) is 26.2 Å². The molecule has 72 valence electrons. The molecule has 8 heteroatoms. The molecule has 5 N–H and O–H groups in total. The number of H-pyrrole nitrogens is 1. The maximum Gasteiger partial charge on any atom is 0.290 e. The summed E-state index contributed by atoms with van der Waals surface area (Å²) < 4.78 is 4.75. The summed E-state index contributed by atoms with van der Waals surface area (Å²) in [4.78, 5) is 14.4. The Labute approximate surface area is 77.3 Å². The van der Waals surface area contributed by atoms with Crippen molar-refractivity contribution in [3.63, 3.8) is 0 Å². The fourth-order valence-electron chi connectivity index (χ4n) is 0.900. The van der Waals surface area contributed by atoms with Crippen molar-refractivity contribution in [2.75, 3.05) is 5.73 Å². The van der Waals surface area contributed by atoms with Gasteiger partial charge in [0.2, 0.25) is 0 Å². The van der Waals surface area contributed by atoms with Crippen LogP contribution in [0.1, 0.15) is 10.6 Å². The molecule has 2 rings (SSSR count). The minimum atomic E-state index is -0.762. The number of nitrogen functional groups attached to an aromatic ring is 1. The molecule has 0 atom stereocenters. The highest BCUT2D eigenvalue weighted by atomic mass is 16.5. The van der Waals surface area contributed by atoms with E-state index in [4.69, 9.17) is 16.0 Å². The number of hydrogen-bond donors (Lipinski definition) is 3. The zero-order valence-corrected chi connectivity index (χ0v) is 6.89. The molecule has 0 bridgehead atoms. The smallest absolute Gasteiger partial charge is 0.290 e. The zero-order valence-electron chi connectivity index (χ0n) is 6.89. The standard InChI is InChI=1S/C6H6N6O2/c7-3-2(1-9-11-3)6-10-5(4(8)13)12-14-6/h1H,(H2,8,13)(H3,7,9,11). The van der Waals surface area contributed by atoms with Crippen molar-refractivity contribution < 1.29 is 9.32 Å². The molecule has 0 aliphatic carbocycles. The Hall–Kier alpha value is -2.38. The molecule has 2 aromatic rings. The molecule has 0 unspecified atom stereocenters. The lowest BCUT2D eigenvalue weighted by molar-refractivity contribution is 0.0987. The maximum absolute atomic E-state index is 10.7. The highest BCUT2D eigenvalue weighted by molar-refractivity contribution is 5.89. The lowest BCUT2D eigenvalue weighted by Crippen LogP contribution is -2.12. The fourth-order valence-corrected chi connectivity index (χ4v) is 0.900. The molecule has 14 heavy (non-hydrogen) atoms. The van der Waals surface area contributed by atoms with Crippen LogP contribution in [0.5, 0.6) is 0 Å². The van der Waals surface area contributed by atoms with Crippen LogP contribution in [0.2, 0.25) is 0 Å². The number of carbonyl (C=O) groups is 1. The Balaban J connectivity index is 2.43. The van der Waals surface area contributed by atoms with E-state index in [1.807, 2.05) is 0 Å². The first kappa shape index (κ1) is 8.23. The van der Waals surface area contributed by atoms with E-state index >= 15 is 0 Å². The van der Waals surface area contributed by atoms with Crippen LogP contribution < -0.4 is 11.5 Å². The Morgan fingerprint density at radius 1 is 1.57 bits per heavy atom. The Bertz CT molecular complexity index is 472. The van der Waals surface area contributed by atoms with Crippen LogP contribution in [0, 0.1) is 0 Å². The van der Waals surface area contributed by atoms with Crippen molar-refractivity contribution in [1.82, 2.24) is 20.3 Å². The van der Waals surface area contributed by atoms with Crippen molar-refractivity contribution in [2.45, 2.75) is 0 Å².